The molecule has 5 nitrogen and oxygen atoms in total. The fourth-order valence-corrected chi connectivity index (χ4v) is 0.930. The monoisotopic (exact) mass is 149 g/mol. The third-order valence-corrected chi connectivity index (χ3v) is 1.48. The molecule has 56 valence electrons. The van der Waals surface area contributed by atoms with Crippen LogP contribution in [0.4, 0.5) is 5.69 Å². The molecule has 1 heterocycles. The number of nitrogens with two attached hydrogens (primary N) is 1. The van der Waals surface area contributed by atoms with Crippen molar-refractivity contribution in [3.05, 3.63) is 18.2 Å². The average Bonchev–Trinajstić information content (AvgIpc) is 2.50. The number of rotatable bonds is 1. The molecular weight excluding hydrogens is 142 g/mol. The Kier molecular flexibility index (Phi) is 1.23. The lowest BCUT2D eigenvalue weighted by atomic mass is 10.3. The third-order valence-electron chi connectivity index (χ3n) is 1.48. The summed E-state index contributed by atoms with van der Waals surface area (Å²) in [5.74, 6) is 5.20. The minimum atomic E-state index is 0.806. The van der Waals surface area contributed by atoms with Crippen molar-refractivity contribution in [2.24, 2.45) is 5.84 Å². The molecule has 0 atom stereocenters. The fourth-order valence-electron chi connectivity index (χ4n) is 0.930. The zero-order valence-electron chi connectivity index (χ0n) is 5.70. The summed E-state index contributed by atoms with van der Waals surface area (Å²) in [5.41, 5.74) is 5.00. The van der Waals surface area contributed by atoms with Crippen molar-refractivity contribution < 1.29 is 0 Å². The van der Waals surface area contributed by atoms with E-state index in [1.165, 1.54) is 0 Å². The zero-order valence-corrected chi connectivity index (χ0v) is 5.70. The van der Waals surface area contributed by atoms with Gasteiger partial charge in [0, 0.05) is 0 Å². The summed E-state index contributed by atoms with van der Waals surface area (Å²) in [4.78, 5) is 0. The molecule has 0 saturated carbocycles. The van der Waals surface area contributed by atoms with Crippen LogP contribution in [-0.4, -0.2) is 15.4 Å². The highest BCUT2D eigenvalue weighted by molar-refractivity contribution is 5.77. The standard InChI is InChI=1S/C6H7N5/c7-8-4-1-2-5-6(3-4)10-11-9-5/h1-3,8H,7H2,(H,9,10,11). The van der Waals surface area contributed by atoms with Crippen LogP contribution >= 0.6 is 0 Å². The van der Waals surface area contributed by atoms with Gasteiger partial charge in [0.05, 0.1) is 5.69 Å². The number of anilines is 1. The molecule has 0 unspecified atom stereocenters. The van der Waals surface area contributed by atoms with Crippen molar-refractivity contribution in [3.63, 3.8) is 0 Å². The van der Waals surface area contributed by atoms with Crippen molar-refractivity contribution in [1.29, 1.82) is 0 Å². The van der Waals surface area contributed by atoms with Crippen LogP contribution in [0.5, 0.6) is 0 Å². The van der Waals surface area contributed by atoms with Crippen molar-refractivity contribution >= 4 is 16.7 Å². The van der Waals surface area contributed by atoms with Crippen LogP contribution in [0.15, 0.2) is 18.2 Å². The molecule has 1 aromatic carbocycles. The van der Waals surface area contributed by atoms with Crippen LogP contribution in [0.25, 0.3) is 11.0 Å². The van der Waals surface area contributed by atoms with Gasteiger partial charge in [-0.3, -0.25) is 5.84 Å². The van der Waals surface area contributed by atoms with E-state index in [9.17, 15) is 0 Å². The lowest BCUT2D eigenvalue weighted by Gasteiger charge is -1.95. The molecule has 2 rings (SSSR count). The van der Waals surface area contributed by atoms with Crippen LogP contribution in [0, 0.1) is 0 Å². The van der Waals surface area contributed by atoms with E-state index in [-0.39, 0.29) is 0 Å². The molecule has 5 heteroatoms. The normalized spacial score (nSPS) is 10.3. The molecule has 0 amide bonds. The van der Waals surface area contributed by atoms with Gasteiger partial charge < -0.3 is 5.43 Å². The molecule has 1 aromatic heterocycles. The number of H-pyrrole nitrogens is 1. The Bertz CT molecular complexity index is 366. The number of fused-ring (bicyclic) bond motifs is 1. The molecular formula is C6H7N5. The van der Waals surface area contributed by atoms with Crippen LogP contribution in [0.1, 0.15) is 0 Å². The van der Waals surface area contributed by atoms with Crippen LogP contribution in [0.3, 0.4) is 0 Å². The first kappa shape index (κ1) is 6.11. The molecule has 0 radical (unpaired) electrons. The highest BCUT2D eigenvalue weighted by atomic mass is 15.3. The second-order valence-corrected chi connectivity index (χ2v) is 2.17. The first-order chi connectivity index (χ1) is 5.40. The predicted molar refractivity (Wildman–Crippen MR) is 41.7 cm³/mol. The van der Waals surface area contributed by atoms with Gasteiger partial charge >= 0.3 is 0 Å². The second-order valence-electron chi connectivity index (χ2n) is 2.17. The van der Waals surface area contributed by atoms with Gasteiger partial charge in [-0.25, -0.2) is 0 Å². The van der Waals surface area contributed by atoms with Crippen molar-refractivity contribution in [3.8, 4) is 0 Å². The highest BCUT2D eigenvalue weighted by Gasteiger charge is 1.96. The molecule has 2 aromatic rings. The fraction of sp³-hybridized carbons (Fsp3) is 0. The SMILES string of the molecule is NNc1ccc2n[nH]nc2c1. The maximum atomic E-state index is 5.20. The summed E-state index contributed by atoms with van der Waals surface area (Å²) in [5, 5.41) is 10.3. The Labute approximate surface area is 62.6 Å². The average molecular weight is 149 g/mol. The van der Waals surface area contributed by atoms with E-state index in [1.54, 1.807) is 0 Å². The molecule has 4 N–H and O–H groups in total. The van der Waals surface area contributed by atoms with E-state index in [0.717, 1.165) is 16.7 Å². The number of nitrogens with one attached hydrogen (secondary N) is 2. The molecule has 0 bridgehead atoms. The third kappa shape index (κ3) is 0.908. The maximum absolute atomic E-state index is 5.20. The van der Waals surface area contributed by atoms with E-state index >= 15 is 0 Å². The lowest BCUT2D eigenvalue weighted by Crippen LogP contribution is -2.05. The van der Waals surface area contributed by atoms with Gasteiger partial charge in [0.1, 0.15) is 11.0 Å². The summed E-state index contributed by atoms with van der Waals surface area (Å²) in [6.45, 7) is 0. The number of hydrogen-bond acceptors (Lipinski definition) is 4. The number of aromatic amines is 1. The number of benzene rings is 1. The first-order valence-electron chi connectivity index (χ1n) is 3.17. The number of hydrazine groups is 1. The number of aromatic nitrogens is 3. The molecule has 11 heavy (non-hydrogen) atoms. The topological polar surface area (TPSA) is 79.6 Å². The van der Waals surface area contributed by atoms with Crippen LogP contribution in [0.2, 0.25) is 0 Å². The summed E-state index contributed by atoms with van der Waals surface area (Å²) >= 11 is 0. The lowest BCUT2D eigenvalue weighted by molar-refractivity contribution is 0.959. The summed E-state index contributed by atoms with van der Waals surface area (Å²) in [7, 11) is 0. The first-order valence-corrected chi connectivity index (χ1v) is 3.17. The van der Waals surface area contributed by atoms with Gasteiger partial charge in [0.15, 0.2) is 0 Å². The van der Waals surface area contributed by atoms with E-state index < -0.39 is 0 Å². The van der Waals surface area contributed by atoms with E-state index in [2.05, 4.69) is 20.8 Å². The molecule has 0 saturated heterocycles. The highest BCUT2D eigenvalue weighted by Crippen LogP contribution is 2.12. The van der Waals surface area contributed by atoms with Crippen LogP contribution in [-0.2, 0) is 0 Å². The number of nitrogen functional groups attached to an aromatic ring is 1. The molecule has 0 aliphatic heterocycles. The van der Waals surface area contributed by atoms with Crippen LogP contribution < -0.4 is 11.3 Å². The summed E-state index contributed by atoms with van der Waals surface area (Å²) in [6, 6.07) is 5.50. The van der Waals surface area contributed by atoms with E-state index in [1.807, 2.05) is 18.2 Å². The van der Waals surface area contributed by atoms with Gasteiger partial charge in [0.2, 0.25) is 0 Å². The number of nitrogens with zero attached hydrogens (tertiary/aromatic N) is 2. The minimum absolute atomic E-state index is 0.806. The number of hydrogen-bond donors (Lipinski definition) is 3. The molecule has 0 aliphatic rings. The smallest absolute Gasteiger partial charge is 0.115 e. The van der Waals surface area contributed by atoms with Gasteiger partial charge in [0.25, 0.3) is 0 Å². The quantitative estimate of drug-likeness (QED) is 0.401. The summed E-state index contributed by atoms with van der Waals surface area (Å²) in [6.07, 6.45) is 0. The Hall–Kier alpha value is -1.62. The molecule has 0 fully saturated rings. The zero-order chi connectivity index (χ0) is 7.68. The largest absolute Gasteiger partial charge is 0.324 e. The van der Waals surface area contributed by atoms with Crippen molar-refractivity contribution in [2.75, 3.05) is 5.43 Å². The predicted octanol–water partition coefficient (Wildman–Crippen LogP) is 0.243. The molecule has 0 aliphatic carbocycles. The van der Waals surface area contributed by atoms with E-state index in [0.29, 0.717) is 0 Å². The Morgan fingerprint density at radius 2 is 2.09 bits per heavy atom. The maximum Gasteiger partial charge on any atom is 0.115 e. The Morgan fingerprint density at radius 1 is 1.27 bits per heavy atom. The molecule has 0 spiro atoms. The van der Waals surface area contributed by atoms with E-state index in [4.69, 9.17) is 5.84 Å². The van der Waals surface area contributed by atoms with Gasteiger partial charge in [-0.1, -0.05) is 0 Å². The minimum Gasteiger partial charge on any atom is -0.324 e. The van der Waals surface area contributed by atoms with Gasteiger partial charge in [-0.05, 0) is 18.2 Å². The van der Waals surface area contributed by atoms with Crippen molar-refractivity contribution in [2.45, 2.75) is 0 Å². The van der Waals surface area contributed by atoms with Crippen molar-refractivity contribution in [1.82, 2.24) is 15.4 Å². The van der Waals surface area contributed by atoms with Gasteiger partial charge in [-0.15, -0.1) is 0 Å². The summed E-state index contributed by atoms with van der Waals surface area (Å²) < 4.78 is 0. The second kappa shape index (κ2) is 2.21. The Morgan fingerprint density at radius 3 is 2.91 bits per heavy atom. The van der Waals surface area contributed by atoms with Gasteiger partial charge in [-0.2, -0.15) is 15.4 Å². The Balaban J connectivity index is 2.67.